The molecule has 0 radical (unpaired) electrons. The van der Waals surface area contributed by atoms with Crippen LogP contribution in [0.1, 0.15) is 79.6 Å². The Morgan fingerprint density at radius 2 is 1.92 bits per heavy atom. The van der Waals surface area contributed by atoms with Crippen LogP contribution < -0.4 is 0 Å². The van der Waals surface area contributed by atoms with E-state index in [-0.39, 0.29) is 16.2 Å². The third-order valence-corrected chi connectivity index (χ3v) is 9.20. The van der Waals surface area contributed by atoms with Gasteiger partial charge in [-0.2, -0.15) is 0 Å². The highest BCUT2D eigenvalue weighted by Gasteiger charge is 2.62. The number of ketones is 2. The van der Waals surface area contributed by atoms with Crippen LogP contribution in [0.3, 0.4) is 0 Å². The molecule has 142 valence electrons. The minimum atomic E-state index is -0.169. The summed E-state index contributed by atoms with van der Waals surface area (Å²) in [7, 11) is 0. The lowest BCUT2D eigenvalue weighted by Gasteiger charge is -2.56. The van der Waals surface area contributed by atoms with Crippen molar-refractivity contribution in [1.82, 2.24) is 0 Å². The summed E-state index contributed by atoms with van der Waals surface area (Å²) in [6.45, 7) is 11.4. The molecule has 0 amide bonds. The first-order valence-corrected chi connectivity index (χ1v) is 10.7. The van der Waals surface area contributed by atoms with Crippen molar-refractivity contribution in [1.29, 1.82) is 0 Å². The van der Waals surface area contributed by atoms with Crippen LogP contribution in [0.15, 0.2) is 23.3 Å². The molecule has 4 aliphatic rings. The number of rotatable bonds is 2. The average molecular weight is 355 g/mol. The molecule has 6 atom stereocenters. The van der Waals surface area contributed by atoms with Gasteiger partial charge in [-0.15, -0.1) is 0 Å². The minimum absolute atomic E-state index is 0.0747. The van der Waals surface area contributed by atoms with E-state index >= 15 is 0 Å². The molecule has 0 aliphatic heterocycles. The Balaban J connectivity index is 1.79. The Labute approximate surface area is 158 Å². The summed E-state index contributed by atoms with van der Waals surface area (Å²) in [5, 5.41) is 0. The van der Waals surface area contributed by atoms with E-state index in [1.807, 2.05) is 13.0 Å². The molecule has 0 aromatic heterocycles. The maximum absolute atomic E-state index is 12.9. The van der Waals surface area contributed by atoms with Crippen LogP contribution in [0.5, 0.6) is 0 Å². The standard InChI is InChI=1S/C24H34O2/c1-6-21(26)24(5)12-9-19-17-13-15(2)20-14-16(25)7-10-22(20,3)18(17)8-11-23(19,24)4/h8,14-15,17,19H,6-7,9-13H2,1-5H3/t15-,17?,19?,22+,23-,24+/m0/s1. The van der Waals surface area contributed by atoms with Crippen LogP contribution in [0.25, 0.3) is 0 Å². The predicted octanol–water partition coefficient (Wildman–Crippen LogP) is 5.67. The minimum Gasteiger partial charge on any atom is -0.299 e. The highest BCUT2D eigenvalue weighted by molar-refractivity contribution is 5.92. The quantitative estimate of drug-likeness (QED) is 0.599. The lowest BCUT2D eigenvalue weighted by molar-refractivity contribution is -0.135. The smallest absolute Gasteiger partial charge is 0.155 e. The zero-order chi connectivity index (χ0) is 18.9. The fraction of sp³-hybridized carbons (Fsp3) is 0.750. The van der Waals surface area contributed by atoms with Crippen molar-refractivity contribution in [3.8, 4) is 0 Å². The van der Waals surface area contributed by atoms with Gasteiger partial charge >= 0.3 is 0 Å². The predicted molar refractivity (Wildman–Crippen MR) is 105 cm³/mol. The van der Waals surface area contributed by atoms with Crippen molar-refractivity contribution in [3.63, 3.8) is 0 Å². The molecular weight excluding hydrogens is 320 g/mol. The molecule has 4 rings (SSSR count). The number of fused-ring (bicyclic) bond motifs is 5. The molecule has 0 bridgehead atoms. The first kappa shape index (κ1) is 18.2. The molecule has 0 saturated heterocycles. The summed E-state index contributed by atoms with van der Waals surface area (Å²) in [5.41, 5.74) is 2.98. The van der Waals surface area contributed by atoms with Crippen molar-refractivity contribution >= 4 is 11.6 Å². The van der Waals surface area contributed by atoms with Gasteiger partial charge in [0.05, 0.1) is 0 Å². The Morgan fingerprint density at radius 3 is 2.62 bits per heavy atom. The number of hydrogen-bond acceptors (Lipinski definition) is 2. The Hall–Kier alpha value is -1.18. The SMILES string of the molecule is CCC(=O)[C@@]1(C)CCC2C3C[C@H](C)C4=CC(=O)CC[C@]4(C)C3=CC[C@@]21C. The molecule has 0 aromatic rings. The van der Waals surface area contributed by atoms with Crippen LogP contribution in [0.4, 0.5) is 0 Å². The van der Waals surface area contributed by atoms with Crippen molar-refractivity contribution in [3.05, 3.63) is 23.3 Å². The van der Waals surface area contributed by atoms with E-state index in [4.69, 9.17) is 0 Å². The largest absolute Gasteiger partial charge is 0.299 e. The Kier molecular flexibility index (Phi) is 3.96. The van der Waals surface area contributed by atoms with Crippen molar-refractivity contribution in [2.75, 3.05) is 0 Å². The van der Waals surface area contributed by atoms with Gasteiger partial charge in [0, 0.05) is 23.7 Å². The molecule has 2 nitrogen and oxygen atoms in total. The topological polar surface area (TPSA) is 34.1 Å². The van der Waals surface area contributed by atoms with E-state index in [1.54, 1.807) is 5.57 Å². The molecule has 2 saturated carbocycles. The second-order valence-electron chi connectivity index (χ2n) is 10.2. The van der Waals surface area contributed by atoms with Gasteiger partial charge in [0.1, 0.15) is 5.78 Å². The molecule has 4 aliphatic carbocycles. The number of allylic oxidation sites excluding steroid dienone is 4. The molecule has 0 aromatic carbocycles. The summed E-state index contributed by atoms with van der Waals surface area (Å²) in [4.78, 5) is 24.9. The maximum atomic E-state index is 12.9. The second kappa shape index (κ2) is 5.66. The van der Waals surface area contributed by atoms with Gasteiger partial charge in [-0.05, 0) is 61.3 Å². The van der Waals surface area contributed by atoms with Crippen LogP contribution in [-0.4, -0.2) is 11.6 Å². The van der Waals surface area contributed by atoms with Crippen LogP contribution in [-0.2, 0) is 9.59 Å². The number of hydrogen-bond donors (Lipinski definition) is 0. The molecule has 26 heavy (non-hydrogen) atoms. The summed E-state index contributed by atoms with van der Waals surface area (Å²) >= 11 is 0. The van der Waals surface area contributed by atoms with Gasteiger partial charge in [0.25, 0.3) is 0 Å². The second-order valence-corrected chi connectivity index (χ2v) is 10.2. The molecule has 2 fully saturated rings. The van der Waals surface area contributed by atoms with E-state index in [0.717, 1.165) is 25.7 Å². The number of carbonyl (C=O) groups is 2. The van der Waals surface area contributed by atoms with E-state index in [2.05, 4.69) is 33.8 Å². The van der Waals surface area contributed by atoms with Crippen LogP contribution in [0.2, 0.25) is 0 Å². The Bertz CT molecular complexity index is 728. The van der Waals surface area contributed by atoms with Crippen LogP contribution in [0, 0.1) is 34.0 Å². The van der Waals surface area contributed by atoms with E-state index in [1.165, 1.54) is 12.0 Å². The number of Topliss-reactive ketones (excluding diaryl/α,β-unsaturated/α-hetero) is 1. The van der Waals surface area contributed by atoms with Crippen molar-refractivity contribution in [2.45, 2.75) is 79.6 Å². The highest BCUT2D eigenvalue weighted by Crippen LogP contribution is 2.68. The summed E-state index contributed by atoms with van der Waals surface area (Å²) in [5.74, 6) is 2.44. The van der Waals surface area contributed by atoms with Crippen LogP contribution >= 0.6 is 0 Å². The molecular formula is C24H34O2. The zero-order valence-electron chi connectivity index (χ0n) is 17.2. The molecule has 0 heterocycles. The molecule has 2 unspecified atom stereocenters. The monoisotopic (exact) mass is 354 g/mol. The fourth-order valence-electron chi connectivity index (χ4n) is 7.37. The first-order valence-electron chi connectivity index (χ1n) is 10.7. The zero-order valence-corrected chi connectivity index (χ0v) is 17.2. The highest BCUT2D eigenvalue weighted by atomic mass is 16.1. The Morgan fingerprint density at radius 1 is 1.19 bits per heavy atom. The van der Waals surface area contributed by atoms with E-state index < -0.39 is 0 Å². The third kappa shape index (κ3) is 2.11. The lowest BCUT2D eigenvalue weighted by Crippen LogP contribution is -2.50. The van der Waals surface area contributed by atoms with Gasteiger partial charge in [-0.1, -0.05) is 51.8 Å². The van der Waals surface area contributed by atoms with Crippen molar-refractivity contribution in [2.24, 2.45) is 34.0 Å². The third-order valence-electron chi connectivity index (χ3n) is 9.20. The molecule has 0 spiro atoms. The van der Waals surface area contributed by atoms with E-state index in [9.17, 15) is 9.59 Å². The van der Waals surface area contributed by atoms with Gasteiger partial charge in [-0.25, -0.2) is 0 Å². The lowest BCUT2D eigenvalue weighted by atomic mass is 9.47. The van der Waals surface area contributed by atoms with Gasteiger partial charge < -0.3 is 0 Å². The van der Waals surface area contributed by atoms with E-state index in [0.29, 0.717) is 42.2 Å². The average Bonchev–Trinajstić information content (AvgIpc) is 2.88. The van der Waals surface area contributed by atoms with Gasteiger partial charge in [0.15, 0.2) is 5.78 Å². The fourth-order valence-corrected chi connectivity index (χ4v) is 7.37. The summed E-state index contributed by atoms with van der Waals surface area (Å²) in [6, 6.07) is 0. The summed E-state index contributed by atoms with van der Waals surface area (Å²) < 4.78 is 0. The maximum Gasteiger partial charge on any atom is 0.155 e. The van der Waals surface area contributed by atoms with Crippen molar-refractivity contribution < 1.29 is 9.59 Å². The van der Waals surface area contributed by atoms with Gasteiger partial charge in [-0.3, -0.25) is 9.59 Å². The first-order chi connectivity index (χ1) is 12.2. The molecule has 0 N–H and O–H groups in total. The summed E-state index contributed by atoms with van der Waals surface area (Å²) in [6.07, 6.45) is 11.2. The number of carbonyl (C=O) groups excluding carboxylic acids is 2. The van der Waals surface area contributed by atoms with Gasteiger partial charge in [0.2, 0.25) is 0 Å². The normalized spacial score (nSPS) is 47.4. The molecule has 2 heteroatoms.